The second kappa shape index (κ2) is 10.2. The van der Waals surface area contributed by atoms with Crippen molar-refractivity contribution in [1.29, 1.82) is 0 Å². The van der Waals surface area contributed by atoms with Crippen molar-refractivity contribution in [2.45, 2.75) is 51.6 Å². The summed E-state index contributed by atoms with van der Waals surface area (Å²) in [5, 5.41) is 16.1. The standard InChI is InChI=1S/C27H33N7O3/c1-27(2,36)9-7-19-15-34-16-20(22(14-24(34)30-19)33-11-5-4-6-12-33)31-25(35)21-17-37-26(32-21)18-8-10-29-23(13-18)28-3/h8,10,13-17,36H,4-7,9,11-12H2,1-3H3,(H,28,29)(H,31,35). The molecule has 10 heteroatoms. The van der Waals surface area contributed by atoms with Gasteiger partial charge in [0, 0.05) is 50.4 Å². The molecule has 3 N–H and O–H groups in total. The number of amides is 1. The summed E-state index contributed by atoms with van der Waals surface area (Å²) in [5.41, 5.74) is 3.51. The van der Waals surface area contributed by atoms with E-state index in [2.05, 4.69) is 25.5 Å². The number of rotatable bonds is 8. The minimum atomic E-state index is -0.755. The SMILES string of the molecule is CNc1cc(-c2nc(C(=O)Nc3cn4cc(CCC(C)(C)O)nc4cc3N3CCCCC3)co2)ccn1. The summed E-state index contributed by atoms with van der Waals surface area (Å²) in [4.78, 5) is 28.9. The van der Waals surface area contributed by atoms with Gasteiger partial charge in [-0.3, -0.25) is 4.79 Å². The lowest BCUT2D eigenvalue weighted by atomic mass is 10.0. The average Bonchev–Trinajstić information content (AvgIpc) is 3.54. The quantitative estimate of drug-likeness (QED) is 0.324. The summed E-state index contributed by atoms with van der Waals surface area (Å²) in [6, 6.07) is 5.62. The van der Waals surface area contributed by atoms with Gasteiger partial charge in [0.05, 0.1) is 22.7 Å². The molecule has 0 radical (unpaired) electrons. The highest BCUT2D eigenvalue weighted by atomic mass is 16.3. The Kier molecular flexibility index (Phi) is 6.84. The van der Waals surface area contributed by atoms with Crippen LogP contribution < -0.4 is 15.5 Å². The molecule has 0 atom stereocenters. The summed E-state index contributed by atoms with van der Waals surface area (Å²) in [7, 11) is 1.79. The Morgan fingerprint density at radius 1 is 1.16 bits per heavy atom. The summed E-state index contributed by atoms with van der Waals surface area (Å²) in [5.74, 6) is 0.683. The Bertz CT molecular complexity index is 1400. The Hall–Kier alpha value is -3.92. The second-order valence-electron chi connectivity index (χ2n) is 10.1. The number of piperidine rings is 1. The third-order valence-electron chi connectivity index (χ3n) is 6.56. The molecule has 5 heterocycles. The molecule has 0 aliphatic carbocycles. The van der Waals surface area contributed by atoms with E-state index >= 15 is 0 Å². The van der Waals surface area contributed by atoms with Gasteiger partial charge in [-0.1, -0.05) is 0 Å². The van der Waals surface area contributed by atoms with Crippen LogP contribution >= 0.6 is 0 Å². The molecule has 5 rings (SSSR count). The first-order valence-electron chi connectivity index (χ1n) is 12.7. The third kappa shape index (κ3) is 5.75. The van der Waals surface area contributed by atoms with E-state index in [1.54, 1.807) is 33.2 Å². The van der Waals surface area contributed by atoms with Crippen LogP contribution in [0, 0.1) is 0 Å². The van der Waals surface area contributed by atoms with Gasteiger partial charge in [0.1, 0.15) is 17.7 Å². The number of carbonyl (C=O) groups is 1. The summed E-state index contributed by atoms with van der Waals surface area (Å²) in [6.45, 7) is 5.45. The zero-order chi connectivity index (χ0) is 26.0. The molecular formula is C27H33N7O3. The zero-order valence-corrected chi connectivity index (χ0v) is 21.5. The maximum Gasteiger partial charge on any atom is 0.277 e. The Morgan fingerprint density at radius 2 is 1.97 bits per heavy atom. The van der Waals surface area contributed by atoms with Gasteiger partial charge in [-0.15, -0.1) is 0 Å². The number of nitrogens with one attached hydrogen (secondary N) is 2. The molecule has 1 saturated heterocycles. The predicted octanol–water partition coefficient (Wildman–Crippen LogP) is 4.37. The maximum atomic E-state index is 13.2. The Balaban J connectivity index is 1.43. The average molecular weight is 504 g/mol. The summed E-state index contributed by atoms with van der Waals surface area (Å²) >= 11 is 0. The van der Waals surface area contributed by atoms with Crippen LogP contribution in [0.1, 0.15) is 55.7 Å². The molecule has 0 aromatic carbocycles. The molecule has 4 aromatic heterocycles. The molecule has 0 spiro atoms. The van der Waals surface area contributed by atoms with Crippen LogP contribution in [0.2, 0.25) is 0 Å². The highest BCUT2D eigenvalue weighted by Crippen LogP contribution is 2.31. The van der Waals surface area contributed by atoms with Crippen LogP contribution in [0.5, 0.6) is 0 Å². The molecule has 194 valence electrons. The van der Waals surface area contributed by atoms with Gasteiger partial charge >= 0.3 is 0 Å². The number of pyridine rings is 2. The number of aryl methyl sites for hydroxylation is 1. The minimum Gasteiger partial charge on any atom is -0.444 e. The van der Waals surface area contributed by atoms with Crippen LogP contribution in [-0.2, 0) is 6.42 Å². The highest BCUT2D eigenvalue weighted by molar-refractivity contribution is 6.05. The number of anilines is 3. The number of carbonyl (C=O) groups excluding carboxylic acids is 1. The molecule has 37 heavy (non-hydrogen) atoms. The fraction of sp³-hybridized carbons (Fsp3) is 0.407. The molecule has 1 aliphatic rings. The molecule has 0 bridgehead atoms. The van der Waals surface area contributed by atoms with Crippen molar-refractivity contribution in [3.63, 3.8) is 0 Å². The Labute approximate surface area is 215 Å². The van der Waals surface area contributed by atoms with Crippen LogP contribution in [-0.4, -0.2) is 56.1 Å². The lowest BCUT2D eigenvalue weighted by molar-refractivity contribution is 0.0711. The molecule has 1 fully saturated rings. The van der Waals surface area contributed by atoms with Gasteiger partial charge in [-0.2, -0.15) is 0 Å². The van der Waals surface area contributed by atoms with Gasteiger partial charge < -0.3 is 29.5 Å². The first-order chi connectivity index (χ1) is 17.8. The van der Waals surface area contributed by atoms with Crippen molar-refractivity contribution in [1.82, 2.24) is 19.4 Å². The van der Waals surface area contributed by atoms with E-state index in [0.29, 0.717) is 30.2 Å². The van der Waals surface area contributed by atoms with E-state index in [1.165, 1.54) is 12.7 Å². The first-order valence-corrected chi connectivity index (χ1v) is 12.7. The van der Waals surface area contributed by atoms with Gasteiger partial charge in [-0.25, -0.2) is 15.0 Å². The molecule has 0 unspecified atom stereocenters. The maximum absolute atomic E-state index is 13.2. The molecule has 0 saturated carbocycles. The normalized spacial score (nSPS) is 14.2. The minimum absolute atomic E-state index is 0.194. The van der Waals surface area contributed by atoms with E-state index in [0.717, 1.165) is 48.5 Å². The summed E-state index contributed by atoms with van der Waals surface area (Å²) < 4.78 is 7.53. The second-order valence-corrected chi connectivity index (χ2v) is 10.1. The van der Waals surface area contributed by atoms with Crippen molar-refractivity contribution >= 4 is 28.7 Å². The molecule has 4 aromatic rings. The number of oxazole rings is 1. The number of hydrogen-bond donors (Lipinski definition) is 3. The fourth-order valence-corrected chi connectivity index (χ4v) is 4.52. The monoisotopic (exact) mass is 503 g/mol. The van der Waals surface area contributed by atoms with Crippen LogP contribution in [0.25, 0.3) is 17.1 Å². The largest absolute Gasteiger partial charge is 0.444 e. The molecule has 10 nitrogen and oxygen atoms in total. The first kappa shape index (κ1) is 24.8. The molecule has 1 amide bonds. The van der Waals surface area contributed by atoms with Crippen LogP contribution in [0.4, 0.5) is 17.2 Å². The van der Waals surface area contributed by atoms with Crippen LogP contribution in [0.3, 0.4) is 0 Å². The zero-order valence-electron chi connectivity index (χ0n) is 21.5. The van der Waals surface area contributed by atoms with Gasteiger partial charge in [-0.05, 0) is 58.1 Å². The predicted molar refractivity (Wildman–Crippen MR) is 143 cm³/mol. The molecule has 1 aliphatic heterocycles. The number of nitrogens with zero attached hydrogens (tertiary/aromatic N) is 5. The van der Waals surface area contributed by atoms with E-state index in [4.69, 9.17) is 9.40 Å². The third-order valence-corrected chi connectivity index (χ3v) is 6.56. The smallest absolute Gasteiger partial charge is 0.277 e. The number of hydrogen-bond acceptors (Lipinski definition) is 8. The number of fused-ring (bicyclic) bond motifs is 1. The van der Waals surface area contributed by atoms with Gasteiger partial charge in [0.25, 0.3) is 5.91 Å². The van der Waals surface area contributed by atoms with Crippen molar-refractivity contribution in [3.8, 4) is 11.5 Å². The van der Waals surface area contributed by atoms with Gasteiger partial charge in [0.2, 0.25) is 5.89 Å². The lowest BCUT2D eigenvalue weighted by Crippen LogP contribution is -2.30. The van der Waals surface area contributed by atoms with Crippen molar-refractivity contribution < 1.29 is 14.3 Å². The van der Waals surface area contributed by atoms with Crippen molar-refractivity contribution in [2.75, 3.05) is 35.7 Å². The fourth-order valence-electron chi connectivity index (χ4n) is 4.52. The van der Waals surface area contributed by atoms with Crippen molar-refractivity contribution in [2.24, 2.45) is 0 Å². The van der Waals surface area contributed by atoms with Crippen molar-refractivity contribution in [3.05, 3.63) is 54.4 Å². The Morgan fingerprint density at radius 3 is 2.73 bits per heavy atom. The number of aromatic nitrogens is 4. The topological polar surface area (TPSA) is 121 Å². The lowest BCUT2D eigenvalue weighted by Gasteiger charge is -2.30. The number of aliphatic hydroxyl groups is 1. The highest BCUT2D eigenvalue weighted by Gasteiger charge is 2.21. The van der Waals surface area contributed by atoms with E-state index in [-0.39, 0.29) is 11.6 Å². The van der Waals surface area contributed by atoms with Gasteiger partial charge in [0.15, 0.2) is 5.69 Å². The molecular weight excluding hydrogens is 470 g/mol. The summed E-state index contributed by atoms with van der Waals surface area (Å²) in [6.07, 6.45) is 11.6. The number of imidazole rings is 1. The van der Waals surface area contributed by atoms with E-state index in [9.17, 15) is 9.90 Å². The van der Waals surface area contributed by atoms with E-state index < -0.39 is 5.60 Å². The van der Waals surface area contributed by atoms with Crippen LogP contribution in [0.15, 0.2) is 47.5 Å². The van der Waals surface area contributed by atoms with E-state index in [1.807, 2.05) is 28.9 Å².